The maximum atomic E-state index is 13.4. The normalized spacial score (nSPS) is 11.7. The molecular weight excluding hydrogens is 318 g/mol. The van der Waals surface area contributed by atoms with Crippen molar-refractivity contribution < 1.29 is 8.78 Å². The van der Waals surface area contributed by atoms with Gasteiger partial charge in [0.2, 0.25) is 0 Å². The van der Waals surface area contributed by atoms with Crippen LogP contribution in [-0.2, 0) is 5.92 Å². The molecule has 2 aromatic heterocycles. The second kappa shape index (κ2) is 5.20. The van der Waals surface area contributed by atoms with E-state index in [-0.39, 0.29) is 10.5 Å². The quantitative estimate of drug-likeness (QED) is 0.846. The van der Waals surface area contributed by atoms with Gasteiger partial charge in [0.15, 0.2) is 0 Å². The molecule has 0 aliphatic carbocycles. The van der Waals surface area contributed by atoms with E-state index in [1.807, 2.05) is 0 Å². The zero-order chi connectivity index (χ0) is 16.8. The van der Waals surface area contributed by atoms with Crippen LogP contribution in [0.3, 0.4) is 0 Å². The van der Waals surface area contributed by atoms with Crippen LogP contribution in [0.4, 0.5) is 8.78 Å². The highest BCUT2D eigenvalue weighted by molar-refractivity contribution is 6.31. The molecule has 0 amide bonds. The Morgan fingerprint density at radius 2 is 1.86 bits per heavy atom. The molecule has 2 aromatic rings. The van der Waals surface area contributed by atoms with Gasteiger partial charge in [0, 0.05) is 13.0 Å². The van der Waals surface area contributed by atoms with E-state index in [0.717, 1.165) is 0 Å². The number of nitrogen functional groups attached to an aromatic ring is 1. The SMILES string of the molecule is Cc1cc(Cl)c(C)nc1-n1c(=O)cc(C(C)(F)F)n(N)c1=O. The number of halogens is 3. The predicted octanol–water partition coefficient (Wildman–Crippen LogP) is 1.49. The van der Waals surface area contributed by atoms with Crippen LogP contribution >= 0.6 is 11.6 Å². The van der Waals surface area contributed by atoms with Crippen LogP contribution in [0.25, 0.3) is 5.82 Å². The van der Waals surface area contributed by atoms with Crippen molar-refractivity contribution in [3.63, 3.8) is 0 Å². The summed E-state index contributed by atoms with van der Waals surface area (Å²) < 4.78 is 27.6. The first-order valence-corrected chi connectivity index (χ1v) is 6.58. The number of hydrogen-bond donors (Lipinski definition) is 1. The van der Waals surface area contributed by atoms with Gasteiger partial charge in [0.1, 0.15) is 11.5 Å². The summed E-state index contributed by atoms with van der Waals surface area (Å²) >= 11 is 5.91. The van der Waals surface area contributed by atoms with Crippen molar-refractivity contribution >= 4 is 11.6 Å². The van der Waals surface area contributed by atoms with Crippen molar-refractivity contribution in [1.29, 1.82) is 0 Å². The maximum absolute atomic E-state index is 13.4. The van der Waals surface area contributed by atoms with Crippen LogP contribution in [0, 0.1) is 13.8 Å². The lowest BCUT2D eigenvalue weighted by Crippen LogP contribution is -2.45. The molecule has 0 unspecified atom stereocenters. The second-order valence-electron chi connectivity index (χ2n) is 4.94. The number of hydrogen-bond acceptors (Lipinski definition) is 4. The summed E-state index contributed by atoms with van der Waals surface area (Å²) in [4.78, 5) is 28.4. The second-order valence-corrected chi connectivity index (χ2v) is 5.35. The van der Waals surface area contributed by atoms with Gasteiger partial charge in [-0.25, -0.2) is 19.0 Å². The first-order chi connectivity index (χ1) is 10.0. The van der Waals surface area contributed by atoms with E-state index in [2.05, 4.69) is 4.98 Å². The molecule has 2 heterocycles. The molecule has 2 N–H and O–H groups in total. The van der Waals surface area contributed by atoms with Gasteiger partial charge < -0.3 is 5.84 Å². The molecular formula is C13H13ClF2N4O2. The van der Waals surface area contributed by atoms with Crippen molar-refractivity contribution in [2.24, 2.45) is 0 Å². The van der Waals surface area contributed by atoms with Crippen LogP contribution in [0.1, 0.15) is 23.9 Å². The molecule has 2 rings (SSSR count). The highest BCUT2D eigenvalue weighted by Gasteiger charge is 2.30. The Kier molecular flexibility index (Phi) is 3.82. The molecule has 0 saturated carbocycles. The number of pyridine rings is 1. The molecule has 0 aliphatic rings. The largest absolute Gasteiger partial charge is 0.355 e. The molecule has 6 nitrogen and oxygen atoms in total. The molecule has 0 aliphatic heterocycles. The van der Waals surface area contributed by atoms with Gasteiger partial charge in [-0.2, -0.15) is 8.78 Å². The summed E-state index contributed by atoms with van der Waals surface area (Å²) in [6, 6.07) is 2.14. The highest BCUT2D eigenvalue weighted by Crippen LogP contribution is 2.24. The maximum Gasteiger partial charge on any atom is 0.355 e. The van der Waals surface area contributed by atoms with E-state index < -0.39 is 22.9 Å². The van der Waals surface area contributed by atoms with E-state index in [0.29, 0.717) is 33.8 Å². The van der Waals surface area contributed by atoms with E-state index in [1.165, 1.54) is 6.07 Å². The average molecular weight is 331 g/mol. The Balaban J connectivity index is 2.85. The standard InChI is InChI=1S/C13H13ClF2N4O2/c1-6-4-8(14)7(2)18-11(6)19-10(21)5-9(13(3,15)16)20(17)12(19)22/h4-5H,17H2,1-3H3. The van der Waals surface area contributed by atoms with Crippen LogP contribution in [0.5, 0.6) is 0 Å². The fourth-order valence-electron chi connectivity index (χ4n) is 1.98. The van der Waals surface area contributed by atoms with Gasteiger partial charge in [-0.05, 0) is 25.5 Å². The van der Waals surface area contributed by atoms with Crippen molar-refractivity contribution in [2.45, 2.75) is 26.7 Å². The highest BCUT2D eigenvalue weighted by atomic mass is 35.5. The Morgan fingerprint density at radius 1 is 1.27 bits per heavy atom. The predicted molar refractivity (Wildman–Crippen MR) is 78.3 cm³/mol. The smallest absolute Gasteiger partial charge is 0.335 e. The third-order valence-corrected chi connectivity index (χ3v) is 3.50. The van der Waals surface area contributed by atoms with Crippen LogP contribution in [0.2, 0.25) is 5.02 Å². The number of aryl methyl sites for hydroxylation is 2. The Bertz CT molecular complexity index is 868. The molecule has 9 heteroatoms. The van der Waals surface area contributed by atoms with Gasteiger partial charge >= 0.3 is 5.69 Å². The fraction of sp³-hybridized carbons (Fsp3) is 0.308. The fourth-order valence-corrected chi connectivity index (χ4v) is 2.18. The number of nitrogens with two attached hydrogens (primary N) is 1. The minimum absolute atomic E-state index is 0.00192. The lowest BCUT2D eigenvalue weighted by molar-refractivity contribution is 0.00895. The van der Waals surface area contributed by atoms with Gasteiger partial charge in [-0.1, -0.05) is 11.6 Å². The van der Waals surface area contributed by atoms with Gasteiger partial charge in [-0.15, -0.1) is 0 Å². The number of aromatic nitrogens is 3. The Hall–Kier alpha value is -2.22. The molecule has 0 bridgehead atoms. The molecule has 22 heavy (non-hydrogen) atoms. The first-order valence-electron chi connectivity index (χ1n) is 6.20. The van der Waals surface area contributed by atoms with E-state index in [4.69, 9.17) is 17.4 Å². The number of rotatable bonds is 2. The number of nitrogens with zero attached hydrogens (tertiary/aromatic N) is 3. The molecule has 0 spiro atoms. The average Bonchev–Trinajstić information content (AvgIpc) is 2.38. The van der Waals surface area contributed by atoms with E-state index in [9.17, 15) is 18.4 Å². The molecule has 118 valence electrons. The first kappa shape index (κ1) is 16.2. The summed E-state index contributed by atoms with van der Waals surface area (Å²) in [6.07, 6.45) is 0. The van der Waals surface area contributed by atoms with Crippen molar-refractivity contribution in [3.8, 4) is 5.82 Å². The zero-order valence-electron chi connectivity index (χ0n) is 12.0. The minimum atomic E-state index is -3.43. The van der Waals surface area contributed by atoms with E-state index >= 15 is 0 Å². The summed E-state index contributed by atoms with van der Waals surface area (Å²) in [5, 5.41) is 0.360. The van der Waals surface area contributed by atoms with Crippen LogP contribution < -0.4 is 17.1 Å². The van der Waals surface area contributed by atoms with Gasteiger partial charge in [0.25, 0.3) is 11.5 Å². The summed E-state index contributed by atoms with van der Waals surface area (Å²) in [5.41, 5.74) is -2.10. The molecule has 0 fully saturated rings. The molecule has 0 aromatic carbocycles. The third kappa shape index (κ3) is 2.61. The van der Waals surface area contributed by atoms with Crippen molar-refractivity contribution in [1.82, 2.24) is 14.2 Å². The minimum Gasteiger partial charge on any atom is -0.335 e. The summed E-state index contributed by atoms with van der Waals surface area (Å²) in [5.74, 6) is 1.98. The topological polar surface area (TPSA) is 82.9 Å². The molecule has 0 saturated heterocycles. The van der Waals surface area contributed by atoms with Crippen molar-refractivity contribution in [2.75, 3.05) is 5.84 Å². The summed E-state index contributed by atoms with van der Waals surface area (Å²) in [7, 11) is 0. The lowest BCUT2D eigenvalue weighted by Gasteiger charge is -2.16. The summed E-state index contributed by atoms with van der Waals surface area (Å²) in [6.45, 7) is 3.72. The third-order valence-electron chi connectivity index (χ3n) is 3.11. The molecule has 0 radical (unpaired) electrons. The van der Waals surface area contributed by atoms with Gasteiger partial charge in [0.05, 0.1) is 10.7 Å². The monoisotopic (exact) mass is 330 g/mol. The zero-order valence-corrected chi connectivity index (χ0v) is 12.8. The Labute approximate surface area is 128 Å². The van der Waals surface area contributed by atoms with Crippen LogP contribution in [0.15, 0.2) is 21.7 Å². The molecule has 0 atom stereocenters. The Morgan fingerprint density at radius 3 is 2.41 bits per heavy atom. The lowest BCUT2D eigenvalue weighted by atomic mass is 10.2. The number of alkyl halides is 2. The van der Waals surface area contributed by atoms with E-state index in [1.54, 1.807) is 13.8 Å². The van der Waals surface area contributed by atoms with Gasteiger partial charge in [-0.3, -0.25) is 4.79 Å². The van der Waals surface area contributed by atoms with Crippen molar-refractivity contribution in [3.05, 3.63) is 54.9 Å². The van der Waals surface area contributed by atoms with Crippen LogP contribution in [-0.4, -0.2) is 14.2 Å².